The van der Waals surface area contributed by atoms with E-state index in [2.05, 4.69) is 38.2 Å². The molecule has 4 bridgehead atoms. The number of nitrogens with two attached hydrogens (primary N) is 4. The molecule has 2 aromatic carbocycles. The van der Waals surface area contributed by atoms with E-state index >= 15 is 0 Å². The Labute approximate surface area is 384 Å². The van der Waals surface area contributed by atoms with Crippen LogP contribution < -0.4 is 53.7 Å². The number of anilines is 1. The molecule has 1 aliphatic rings. The number of carbonyl (C=O) groups is 5. The molecule has 0 unspecified atom stereocenters. The highest BCUT2D eigenvalue weighted by atomic mass is 16.5. The van der Waals surface area contributed by atoms with Gasteiger partial charge in [-0.15, -0.1) is 0 Å². The fourth-order valence-corrected chi connectivity index (χ4v) is 7.59. The zero-order valence-electron chi connectivity index (χ0n) is 37.8. The van der Waals surface area contributed by atoms with Crippen molar-refractivity contribution in [3.8, 4) is 40.1 Å². The van der Waals surface area contributed by atoms with Crippen molar-refractivity contribution in [3.63, 3.8) is 0 Å². The minimum absolute atomic E-state index is 0.00377. The first-order chi connectivity index (χ1) is 31.7. The second kappa shape index (κ2) is 23.7. The second-order valence-corrected chi connectivity index (χ2v) is 15.9. The molecule has 1 aliphatic heterocycles. The van der Waals surface area contributed by atoms with Crippen molar-refractivity contribution >= 4 is 35.2 Å². The van der Waals surface area contributed by atoms with E-state index in [9.17, 15) is 24.0 Å². The van der Waals surface area contributed by atoms with Gasteiger partial charge in [-0.05, 0) is 92.7 Å². The Morgan fingerprint density at radius 2 is 1.64 bits per heavy atom. The molecule has 66 heavy (non-hydrogen) atoms. The zero-order chi connectivity index (χ0) is 47.9. The molecule has 5 amide bonds. The molecule has 4 atom stereocenters. The predicted molar refractivity (Wildman–Crippen MR) is 249 cm³/mol. The number of nitrogens with one attached hydrogen (secondary N) is 4. The molecular formula is C47H60N12O7. The molecule has 0 radical (unpaired) electrons. The van der Waals surface area contributed by atoms with Crippen LogP contribution in [0.5, 0.6) is 11.5 Å². The quantitative estimate of drug-likeness (QED) is 0.0658. The lowest BCUT2D eigenvalue weighted by Crippen LogP contribution is -2.56. The number of ether oxygens (including phenoxy) is 2. The summed E-state index contributed by atoms with van der Waals surface area (Å²) in [7, 11) is 1.40. The van der Waals surface area contributed by atoms with Gasteiger partial charge in [0.05, 0.1) is 28.7 Å². The number of aryl methyl sites for hydroxylation is 2. The second-order valence-electron chi connectivity index (χ2n) is 15.9. The first kappa shape index (κ1) is 49.9. The molecule has 3 heterocycles. The van der Waals surface area contributed by atoms with E-state index < -0.39 is 53.7 Å². The van der Waals surface area contributed by atoms with E-state index in [0.717, 1.165) is 24.8 Å². The standard InChI is InChI=1S/C47H60N12O7/c1-5-6-7-29-8-11-35(54-26-29)37-25-34(52)41(27(2)55-37)45(62)57-36(14-15-48)47(64)59(4)42-31-10-13-40(66-21-18-51)33(24-31)32-22-30(9-12-39(32)65-20-17-50)23-38(44(61)53-19-16-49)58-43(60)28(3)56-46(42)63/h8-13,22,24-26,28,36,38,42H,5-7,14-15,17-21,23,48,50-51H2,1-4H3,(H2,52,55)(H,53,61)(H,56,63)(H,57,62)(H,58,60)/t28-,36-,38-,42-/m0/s1. The SMILES string of the molecule is CCCCc1ccc(-c2cc(N)c(C(=O)N[C@@H](CCN)C(=O)N(C)[C@@H]3C(=O)N[C@@H](C)C(=O)N[C@H](C(=O)NCC#N)Cc4ccc(OCCN)c(c4)-c4cc3ccc4OCCN)c(C)n2)nc1. The molecule has 4 aromatic rings. The molecule has 5 rings (SSSR count). The summed E-state index contributed by atoms with van der Waals surface area (Å²) in [5, 5.41) is 19.8. The van der Waals surface area contributed by atoms with E-state index in [1.54, 1.807) is 55.6 Å². The lowest BCUT2D eigenvalue weighted by molar-refractivity contribution is -0.141. The van der Waals surface area contributed by atoms with Crippen LogP contribution in [0.2, 0.25) is 0 Å². The highest BCUT2D eigenvalue weighted by Crippen LogP contribution is 2.40. The van der Waals surface area contributed by atoms with Crippen molar-refractivity contribution in [3.05, 3.63) is 88.7 Å². The van der Waals surface area contributed by atoms with Gasteiger partial charge < -0.3 is 58.6 Å². The number of rotatable bonds is 18. The van der Waals surface area contributed by atoms with Gasteiger partial charge in [-0.2, -0.15) is 5.26 Å². The molecule has 0 spiro atoms. The van der Waals surface area contributed by atoms with Gasteiger partial charge in [0, 0.05) is 49.6 Å². The summed E-state index contributed by atoms with van der Waals surface area (Å²) in [5.41, 5.74) is 28.6. The van der Waals surface area contributed by atoms with Crippen molar-refractivity contribution in [1.82, 2.24) is 36.1 Å². The summed E-state index contributed by atoms with van der Waals surface area (Å²) < 4.78 is 12.2. The van der Waals surface area contributed by atoms with Gasteiger partial charge in [0.1, 0.15) is 55.4 Å². The molecule has 0 aliphatic carbocycles. The van der Waals surface area contributed by atoms with Gasteiger partial charge in [0.2, 0.25) is 23.6 Å². The van der Waals surface area contributed by atoms with Crippen LogP contribution in [0.1, 0.15) is 71.9 Å². The summed E-state index contributed by atoms with van der Waals surface area (Å²) in [6.07, 6.45) is 4.78. The highest BCUT2D eigenvalue weighted by molar-refractivity contribution is 6.03. The molecule has 0 saturated heterocycles. The van der Waals surface area contributed by atoms with Crippen LogP contribution in [0.4, 0.5) is 5.69 Å². The van der Waals surface area contributed by atoms with Crippen LogP contribution in [0.3, 0.4) is 0 Å². The van der Waals surface area contributed by atoms with Crippen LogP contribution in [0.15, 0.2) is 60.8 Å². The summed E-state index contributed by atoms with van der Waals surface area (Å²) in [5.74, 6) is -2.72. The zero-order valence-corrected chi connectivity index (χ0v) is 37.8. The number of amides is 5. The van der Waals surface area contributed by atoms with Gasteiger partial charge >= 0.3 is 0 Å². The first-order valence-electron chi connectivity index (χ1n) is 21.9. The normalized spacial score (nSPS) is 16.4. The molecule has 350 valence electrons. The summed E-state index contributed by atoms with van der Waals surface area (Å²) >= 11 is 0. The fourth-order valence-electron chi connectivity index (χ4n) is 7.59. The lowest BCUT2D eigenvalue weighted by Gasteiger charge is -2.32. The fraction of sp³-hybridized carbons (Fsp3) is 0.404. The predicted octanol–water partition coefficient (Wildman–Crippen LogP) is 1.55. The monoisotopic (exact) mass is 904 g/mol. The minimum Gasteiger partial charge on any atom is -0.492 e. The molecule has 12 N–H and O–H groups in total. The topological polar surface area (TPSA) is 309 Å². The lowest BCUT2D eigenvalue weighted by atomic mass is 9.93. The maximum absolute atomic E-state index is 14.7. The number of benzene rings is 2. The van der Waals surface area contributed by atoms with Crippen LogP contribution in [-0.2, 0) is 32.0 Å². The Kier molecular flexibility index (Phi) is 17.9. The van der Waals surface area contributed by atoms with Crippen molar-refractivity contribution in [2.45, 2.75) is 77.0 Å². The molecular weight excluding hydrogens is 845 g/mol. The number of nitrogen functional groups attached to an aromatic ring is 1. The maximum atomic E-state index is 14.7. The third-order valence-electron chi connectivity index (χ3n) is 11.0. The number of nitrogens with zero attached hydrogens (tertiary/aromatic N) is 4. The van der Waals surface area contributed by atoms with Gasteiger partial charge in [-0.3, -0.25) is 33.9 Å². The van der Waals surface area contributed by atoms with Gasteiger partial charge in [0.25, 0.3) is 5.91 Å². The molecule has 2 aromatic heterocycles. The van der Waals surface area contributed by atoms with Crippen molar-refractivity contribution in [1.29, 1.82) is 5.26 Å². The number of aromatic nitrogens is 2. The highest BCUT2D eigenvalue weighted by Gasteiger charge is 2.36. The number of hydrogen-bond acceptors (Lipinski definition) is 14. The van der Waals surface area contributed by atoms with E-state index in [1.807, 2.05) is 18.2 Å². The number of nitriles is 1. The van der Waals surface area contributed by atoms with E-state index in [4.69, 9.17) is 37.7 Å². The van der Waals surface area contributed by atoms with Gasteiger partial charge in [0.15, 0.2) is 0 Å². The largest absolute Gasteiger partial charge is 0.492 e. The summed E-state index contributed by atoms with van der Waals surface area (Å²) in [4.78, 5) is 80.7. The minimum atomic E-state index is -1.42. The van der Waals surface area contributed by atoms with Crippen LogP contribution >= 0.6 is 0 Å². The Balaban J connectivity index is 1.56. The van der Waals surface area contributed by atoms with Crippen molar-refractivity contribution < 1.29 is 33.4 Å². The average molecular weight is 905 g/mol. The molecule has 0 saturated carbocycles. The third-order valence-corrected chi connectivity index (χ3v) is 11.0. The molecule has 19 heteroatoms. The summed E-state index contributed by atoms with van der Waals surface area (Å²) in [6, 6.07) is 12.3. The number of pyridine rings is 2. The Morgan fingerprint density at radius 1 is 0.939 bits per heavy atom. The van der Waals surface area contributed by atoms with E-state index in [1.165, 1.54) is 18.9 Å². The maximum Gasteiger partial charge on any atom is 0.255 e. The van der Waals surface area contributed by atoms with Gasteiger partial charge in [-0.25, -0.2) is 0 Å². The first-order valence-corrected chi connectivity index (χ1v) is 21.9. The number of unbranched alkanes of at least 4 members (excludes halogenated alkanes) is 1. The Bertz CT molecular complexity index is 2400. The van der Waals surface area contributed by atoms with E-state index in [0.29, 0.717) is 50.8 Å². The summed E-state index contributed by atoms with van der Waals surface area (Å²) in [6.45, 7) is 5.51. The molecule has 19 nitrogen and oxygen atoms in total. The number of fused-ring (bicyclic) bond motifs is 5. The van der Waals surface area contributed by atoms with E-state index in [-0.39, 0.29) is 63.5 Å². The number of hydrogen-bond donors (Lipinski definition) is 8. The Morgan fingerprint density at radius 3 is 2.26 bits per heavy atom. The van der Waals surface area contributed by atoms with Crippen LogP contribution in [0.25, 0.3) is 22.5 Å². The number of likely N-dealkylation sites (N-methyl/N-ethyl adjacent to an activating group) is 1. The smallest absolute Gasteiger partial charge is 0.255 e. The third kappa shape index (κ3) is 12.3. The van der Waals surface area contributed by atoms with Crippen molar-refractivity contribution in [2.24, 2.45) is 17.2 Å². The van der Waals surface area contributed by atoms with Gasteiger partial charge in [-0.1, -0.05) is 31.5 Å². The van der Waals surface area contributed by atoms with Crippen LogP contribution in [0, 0.1) is 18.3 Å². The van der Waals surface area contributed by atoms with Crippen molar-refractivity contribution in [2.75, 3.05) is 52.2 Å². The average Bonchev–Trinajstić information content (AvgIpc) is 3.30. The van der Waals surface area contributed by atoms with Crippen LogP contribution in [-0.4, -0.2) is 109 Å². The molecule has 0 fully saturated rings. The Hall–Kier alpha value is -7.14. The number of carbonyl (C=O) groups excluding carboxylic acids is 5.